The highest BCUT2D eigenvalue weighted by atomic mass is 79.9. The maximum Gasteiger partial charge on any atom is 0.407 e. The number of carbonyl (C=O) groups excluding carboxylic acids is 1. The fourth-order valence-electron chi connectivity index (χ4n) is 3.99. The van der Waals surface area contributed by atoms with Gasteiger partial charge in [-0.25, -0.2) is 9.31 Å². The number of fused-ring (bicyclic) bond motifs is 1. The predicted molar refractivity (Wildman–Crippen MR) is 94.7 cm³/mol. The van der Waals surface area contributed by atoms with E-state index in [0.717, 1.165) is 29.3 Å². The summed E-state index contributed by atoms with van der Waals surface area (Å²) in [6.07, 6.45) is 5.38. The molecule has 132 valence electrons. The summed E-state index contributed by atoms with van der Waals surface area (Å²) in [5, 5.41) is 17.0. The van der Waals surface area contributed by atoms with Crippen molar-refractivity contribution in [1.82, 2.24) is 14.5 Å². The van der Waals surface area contributed by atoms with Gasteiger partial charge in [0.05, 0.1) is 29.0 Å². The third-order valence-corrected chi connectivity index (χ3v) is 5.89. The maximum absolute atomic E-state index is 11.9. The molecule has 4 rings (SSSR count). The second-order valence-electron chi connectivity index (χ2n) is 6.86. The van der Waals surface area contributed by atoms with Crippen LogP contribution in [0.2, 0.25) is 0 Å². The Kier molecular flexibility index (Phi) is 3.64. The van der Waals surface area contributed by atoms with E-state index in [0.29, 0.717) is 24.3 Å². The average Bonchev–Trinajstić information content (AvgIpc) is 3.07. The monoisotopic (exact) mass is 407 g/mol. The third-order valence-electron chi connectivity index (χ3n) is 5.46. The minimum absolute atomic E-state index is 0.0599. The molecular formula is C16H18BrN5O3. The van der Waals surface area contributed by atoms with E-state index < -0.39 is 12.0 Å². The van der Waals surface area contributed by atoms with E-state index in [1.165, 1.54) is 11.1 Å². The number of rotatable bonds is 3. The number of carboxylic acid groups (broad SMARTS) is 1. The molecule has 0 radical (unpaired) electrons. The topological polar surface area (TPSA) is 113 Å². The molecule has 8 nitrogen and oxygen atoms in total. The van der Waals surface area contributed by atoms with Gasteiger partial charge >= 0.3 is 6.09 Å². The first-order valence-electron chi connectivity index (χ1n) is 8.11. The van der Waals surface area contributed by atoms with E-state index >= 15 is 0 Å². The van der Waals surface area contributed by atoms with Crippen LogP contribution in [0.4, 0.5) is 10.5 Å². The zero-order valence-corrected chi connectivity index (χ0v) is 15.0. The molecule has 1 unspecified atom stereocenters. The van der Waals surface area contributed by atoms with Gasteiger partial charge in [0, 0.05) is 29.2 Å². The van der Waals surface area contributed by atoms with Gasteiger partial charge in [-0.2, -0.15) is 5.10 Å². The highest BCUT2D eigenvalue weighted by Crippen LogP contribution is 2.49. The summed E-state index contributed by atoms with van der Waals surface area (Å²) < 4.78 is 2.50. The average molecular weight is 408 g/mol. The Morgan fingerprint density at radius 3 is 2.80 bits per heavy atom. The highest BCUT2D eigenvalue weighted by Gasteiger charge is 2.52. The van der Waals surface area contributed by atoms with Crippen LogP contribution in [-0.4, -0.2) is 50.8 Å². The van der Waals surface area contributed by atoms with Crippen molar-refractivity contribution in [1.29, 1.82) is 0 Å². The number of nitrogens with two attached hydrogens (primary N) is 1. The van der Waals surface area contributed by atoms with Crippen molar-refractivity contribution >= 4 is 39.1 Å². The Hall–Kier alpha value is -2.29. The quantitative estimate of drug-likeness (QED) is 0.720. The van der Waals surface area contributed by atoms with Crippen molar-refractivity contribution in [2.24, 2.45) is 11.1 Å². The summed E-state index contributed by atoms with van der Waals surface area (Å²) in [4.78, 5) is 24.8. The molecule has 2 aromatic rings. The maximum atomic E-state index is 11.9. The van der Waals surface area contributed by atoms with Gasteiger partial charge in [-0.05, 0) is 34.8 Å². The summed E-state index contributed by atoms with van der Waals surface area (Å²) in [6.45, 7) is 0.919. The van der Waals surface area contributed by atoms with E-state index in [2.05, 4.69) is 26.3 Å². The lowest BCUT2D eigenvalue weighted by atomic mass is 9.65. The zero-order chi connectivity index (χ0) is 17.8. The predicted octanol–water partition coefficient (Wildman–Crippen LogP) is 2.14. The van der Waals surface area contributed by atoms with E-state index in [4.69, 9.17) is 5.73 Å². The first kappa shape index (κ1) is 16.2. The largest absolute Gasteiger partial charge is 0.465 e. The molecule has 4 N–H and O–H groups in total. The molecule has 1 saturated carbocycles. The van der Waals surface area contributed by atoms with Crippen LogP contribution < -0.4 is 11.1 Å². The molecule has 9 heteroatoms. The number of aromatic nitrogens is 2. The van der Waals surface area contributed by atoms with Crippen LogP contribution in [0, 0.1) is 5.41 Å². The minimum Gasteiger partial charge on any atom is -0.465 e. The van der Waals surface area contributed by atoms with E-state index in [9.17, 15) is 14.7 Å². The number of nitrogens with zero attached hydrogens (tertiary/aromatic N) is 3. The number of hydrogen-bond acceptors (Lipinski definition) is 4. The van der Waals surface area contributed by atoms with Crippen LogP contribution in [-0.2, 0) is 0 Å². The van der Waals surface area contributed by atoms with Crippen molar-refractivity contribution in [3.8, 4) is 0 Å². The van der Waals surface area contributed by atoms with Crippen LogP contribution >= 0.6 is 15.9 Å². The van der Waals surface area contributed by atoms with E-state index in [1.54, 1.807) is 10.7 Å². The Bertz CT molecular complexity index is 876. The normalized spacial score (nSPS) is 21.5. The first-order chi connectivity index (χ1) is 11.9. The highest BCUT2D eigenvalue weighted by molar-refractivity contribution is 9.10. The molecule has 2 aromatic heterocycles. The molecule has 1 aliphatic heterocycles. The van der Waals surface area contributed by atoms with Crippen molar-refractivity contribution in [2.75, 3.05) is 18.4 Å². The van der Waals surface area contributed by atoms with Gasteiger partial charge in [0.25, 0.3) is 5.91 Å². The number of likely N-dealkylation sites (tertiary alicyclic amines) is 1. The van der Waals surface area contributed by atoms with Crippen molar-refractivity contribution < 1.29 is 14.7 Å². The Morgan fingerprint density at radius 1 is 1.44 bits per heavy atom. The molecule has 1 aliphatic carbocycles. The molecule has 0 aromatic carbocycles. The van der Waals surface area contributed by atoms with Gasteiger partial charge < -0.3 is 21.1 Å². The molecule has 2 aliphatic rings. The fourth-order valence-corrected chi connectivity index (χ4v) is 4.40. The van der Waals surface area contributed by atoms with Crippen LogP contribution in [0.5, 0.6) is 0 Å². The molecule has 1 spiro atoms. The molecule has 2 fully saturated rings. The Labute approximate surface area is 152 Å². The summed E-state index contributed by atoms with van der Waals surface area (Å²) in [7, 11) is 0. The molecule has 2 amide bonds. The molecule has 1 saturated heterocycles. The number of primary amides is 1. The van der Waals surface area contributed by atoms with Crippen molar-refractivity contribution in [2.45, 2.75) is 25.3 Å². The number of hydrogen-bond donors (Lipinski definition) is 3. The lowest BCUT2D eigenvalue weighted by molar-refractivity contribution is 0.1000. The van der Waals surface area contributed by atoms with Gasteiger partial charge in [-0.1, -0.05) is 6.42 Å². The van der Waals surface area contributed by atoms with E-state index in [-0.39, 0.29) is 11.5 Å². The zero-order valence-electron chi connectivity index (χ0n) is 13.4. The number of nitrogens with one attached hydrogen (secondary N) is 1. The smallest absolute Gasteiger partial charge is 0.407 e. The Balaban J connectivity index is 1.75. The minimum atomic E-state index is -0.906. The van der Waals surface area contributed by atoms with Crippen molar-refractivity contribution in [3.05, 3.63) is 28.5 Å². The summed E-state index contributed by atoms with van der Waals surface area (Å²) in [6, 6.07) is 1.80. The molecule has 25 heavy (non-hydrogen) atoms. The SMILES string of the molecule is NC(=O)c1cnn2cc(Br)cc2c1NC1CN(C(=O)O)CC12CCC2. The molecular weight excluding hydrogens is 390 g/mol. The lowest BCUT2D eigenvalue weighted by Crippen LogP contribution is -2.45. The van der Waals surface area contributed by atoms with Gasteiger partial charge in [-0.3, -0.25) is 4.79 Å². The number of amides is 2. The fraction of sp³-hybridized carbons (Fsp3) is 0.438. The lowest BCUT2D eigenvalue weighted by Gasteiger charge is -2.43. The standard InChI is InChI=1S/C16H18BrN5O3/c17-9-4-11-13(10(14(18)23)5-19-22(11)6-9)20-12-7-21(15(24)25)8-16(12)2-1-3-16/h4-6,12,20H,1-3,7-8H2,(H2,18,23)(H,24,25). The van der Waals surface area contributed by atoms with Gasteiger partial charge in [0.1, 0.15) is 0 Å². The summed E-state index contributed by atoms with van der Waals surface area (Å²) in [5.41, 5.74) is 7.10. The van der Waals surface area contributed by atoms with Gasteiger partial charge in [-0.15, -0.1) is 0 Å². The molecule has 1 atom stereocenters. The second kappa shape index (κ2) is 5.62. The molecule has 3 heterocycles. The summed E-state index contributed by atoms with van der Waals surface area (Å²) in [5.74, 6) is -0.564. The Morgan fingerprint density at radius 2 is 2.20 bits per heavy atom. The number of carbonyl (C=O) groups is 2. The molecule has 0 bridgehead atoms. The van der Waals surface area contributed by atoms with Crippen molar-refractivity contribution in [3.63, 3.8) is 0 Å². The number of halogens is 1. The summed E-state index contributed by atoms with van der Waals surface area (Å²) >= 11 is 3.42. The van der Waals surface area contributed by atoms with Crippen LogP contribution in [0.1, 0.15) is 29.6 Å². The van der Waals surface area contributed by atoms with E-state index in [1.807, 2.05) is 6.07 Å². The van der Waals surface area contributed by atoms with Crippen LogP contribution in [0.25, 0.3) is 5.52 Å². The number of anilines is 1. The third kappa shape index (κ3) is 2.53. The second-order valence-corrected chi connectivity index (χ2v) is 7.78. The van der Waals surface area contributed by atoms with Crippen LogP contribution in [0.3, 0.4) is 0 Å². The van der Waals surface area contributed by atoms with Gasteiger partial charge in [0.2, 0.25) is 0 Å². The first-order valence-corrected chi connectivity index (χ1v) is 8.90. The van der Waals surface area contributed by atoms with Crippen LogP contribution in [0.15, 0.2) is 22.9 Å². The van der Waals surface area contributed by atoms with Gasteiger partial charge in [0.15, 0.2) is 0 Å².